The summed E-state index contributed by atoms with van der Waals surface area (Å²) in [6, 6.07) is 14.6. The number of carbonyl (C=O) groups is 1. The van der Waals surface area contributed by atoms with E-state index in [1.807, 2.05) is 12.1 Å². The van der Waals surface area contributed by atoms with Gasteiger partial charge in [0.2, 0.25) is 5.91 Å². The van der Waals surface area contributed by atoms with E-state index in [4.69, 9.17) is 5.73 Å². The van der Waals surface area contributed by atoms with Crippen LogP contribution in [0.1, 0.15) is 12.0 Å². The number of hydrogen-bond donors (Lipinski definition) is 2. The van der Waals surface area contributed by atoms with Crippen LogP contribution in [-0.2, 0) is 11.2 Å². The fourth-order valence-corrected chi connectivity index (χ4v) is 2.07. The van der Waals surface area contributed by atoms with Gasteiger partial charge in [0.05, 0.1) is 0 Å². The topological polar surface area (TPSA) is 55.1 Å². The van der Waals surface area contributed by atoms with Crippen LogP contribution in [0.3, 0.4) is 0 Å². The van der Waals surface area contributed by atoms with Crippen LogP contribution in [0.25, 0.3) is 10.8 Å². The summed E-state index contributed by atoms with van der Waals surface area (Å²) in [6.45, 7) is 1.06. The Morgan fingerprint density at radius 2 is 1.89 bits per heavy atom. The Morgan fingerprint density at radius 3 is 2.72 bits per heavy atom. The van der Waals surface area contributed by atoms with Crippen LogP contribution < -0.4 is 11.1 Å². The zero-order valence-corrected chi connectivity index (χ0v) is 10.4. The first-order valence-corrected chi connectivity index (χ1v) is 6.24. The summed E-state index contributed by atoms with van der Waals surface area (Å²) in [6.07, 6.45) is 1.24. The number of amides is 1. The van der Waals surface area contributed by atoms with Crippen LogP contribution in [0.15, 0.2) is 42.5 Å². The second-order valence-corrected chi connectivity index (χ2v) is 4.28. The predicted octanol–water partition coefficient (Wildman–Crippen LogP) is 1.85. The summed E-state index contributed by atoms with van der Waals surface area (Å²) >= 11 is 0. The van der Waals surface area contributed by atoms with Crippen molar-refractivity contribution in [3.8, 4) is 0 Å². The van der Waals surface area contributed by atoms with E-state index < -0.39 is 0 Å². The fourth-order valence-electron chi connectivity index (χ4n) is 2.07. The van der Waals surface area contributed by atoms with Gasteiger partial charge in [0, 0.05) is 19.5 Å². The second kappa shape index (κ2) is 6.17. The van der Waals surface area contributed by atoms with Gasteiger partial charge in [0.1, 0.15) is 0 Å². The summed E-state index contributed by atoms with van der Waals surface area (Å²) in [5.41, 5.74) is 6.59. The zero-order valence-electron chi connectivity index (χ0n) is 10.4. The number of benzene rings is 2. The molecule has 2 aromatic carbocycles. The van der Waals surface area contributed by atoms with Gasteiger partial charge in [-0.3, -0.25) is 4.79 Å². The highest BCUT2D eigenvalue weighted by Crippen LogP contribution is 2.18. The molecule has 3 N–H and O–H groups in total. The lowest BCUT2D eigenvalue weighted by Crippen LogP contribution is -2.27. The van der Waals surface area contributed by atoms with Crippen molar-refractivity contribution in [3.05, 3.63) is 48.0 Å². The van der Waals surface area contributed by atoms with Crippen molar-refractivity contribution >= 4 is 16.7 Å². The Kier molecular flexibility index (Phi) is 4.31. The molecule has 3 heteroatoms. The van der Waals surface area contributed by atoms with E-state index in [-0.39, 0.29) is 5.91 Å². The van der Waals surface area contributed by atoms with E-state index in [1.54, 1.807) is 0 Å². The molecule has 0 saturated heterocycles. The molecule has 2 aromatic rings. The molecule has 2 rings (SSSR count). The maximum Gasteiger partial charge on any atom is 0.221 e. The molecule has 0 aromatic heterocycles. The molecule has 0 bridgehead atoms. The monoisotopic (exact) mass is 242 g/mol. The Morgan fingerprint density at radius 1 is 1.11 bits per heavy atom. The van der Waals surface area contributed by atoms with Crippen LogP contribution in [0.4, 0.5) is 0 Å². The van der Waals surface area contributed by atoms with Crippen LogP contribution in [0.5, 0.6) is 0 Å². The molecule has 0 unspecified atom stereocenters. The largest absolute Gasteiger partial charge is 0.356 e. The minimum Gasteiger partial charge on any atom is -0.356 e. The molecule has 0 spiro atoms. The van der Waals surface area contributed by atoms with Crippen LogP contribution in [-0.4, -0.2) is 19.0 Å². The molecule has 0 radical (unpaired) electrons. The number of nitrogens with two attached hydrogens (primary N) is 1. The standard InChI is InChI=1S/C15H18N2O/c16-10-8-15(18)17-11-9-13-6-3-5-12-4-1-2-7-14(12)13/h1-7H,8-11,16H2,(H,17,18). The van der Waals surface area contributed by atoms with Crippen LogP contribution >= 0.6 is 0 Å². The van der Waals surface area contributed by atoms with E-state index in [2.05, 4.69) is 35.6 Å². The van der Waals surface area contributed by atoms with E-state index in [9.17, 15) is 4.79 Å². The van der Waals surface area contributed by atoms with Crippen molar-refractivity contribution in [1.82, 2.24) is 5.32 Å². The predicted molar refractivity (Wildman–Crippen MR) is 74.3 cm³/mol. The Hall–Kier alpha value is -1.87. The van der Waals surface area contributed by atoms with Gasteiger partial charge in [-0.05, 0) is 22.8 Å². The first-order chi connectivity index (χ1) is 8.81. The van der Waals surface area contributed by atoms with Crippen molar-refractivity contribution in [2.45, 2.75) is 12.8 Å². The van der Waals surface area contributed by atoms with Crippen molar-refractivity contribution in [3.63, 3.8) is 0 Å². The van der Waals surface area contributed by atoms with Crippen molar-refractivity contribution < 1.29 is 4.79 Å². The molecule has 0 aliphatic carbocycles. The minimum absolute atomic E-state index is 0.0257. The van der Waals surface area contributed by atoms with Gasteiger partial charge in [0.25, 0.3) is 0 Å². The van der Waals surface area contributed by atoms with Gasteiger partial charge >= 0.3 is 0 Å². The second-order valence-electron chi connectivity index (χ2n) is 4.28. The van der Waals surface area contributed by atoms with Crippen molar-refractivity contribution in [2.75, 3.05) is 13.1 Å². The van der Waals surface area contributed by atoms with E-state index in [1.165, 1.54) is 16.3 Å². The molecule has 3 nitrogen and oxygen atoms in total. The SMILES string of the molecule is NCCC(=O)NCCc1cccc2ccccc12. The molecule has 1 amide bonds. The average Bonchev–Trinajstić information content (AvgIpc) is 2.39. The van der Waals surface area contributed by atoms with Gasteiger partial charge in [-0.15, -0.1) is 0 Å². The Bertz CT molecular complexity index is 532. The number of fused-ring (bicyclic) bond motifs is 1. The normalized spacial score (nSPS) is 10.5. The molecule has 0 heterocycles. The van der Waals surface area contributed by atoms with Gasteiger partial charge in [-0.1, -0.05) is 42.5 Å². The smallest absolute Gasteiger partial charge is 0.221 e. The van der Waals surface area contributed by atoms with E-state index in [0.29, 0.717) is 19.5 Å². The van der Waals surface area contributed by atoms with Crippen molar-refractivity contribution in [2.24, 2.45) is 5.73 Å². The lowest BCUT2D eigenvalue weighted by molar-refractivity contribution is -0.120. The summed E-state index contributed by atoms with van der Waals surface area (Å²) in [4.78, 5) is 11.3. The van der Waals surface area contributed by atoms with Crippen LogP contribution in [0.2, 0.25) is 0 Å². The number of carbonyl (C=O) groups excluding carboxylic acids is 1. The lowest BCUT2D eigenvalue weighted by atomic mass is 10.0. The molecular weight excluding hydrogens is 224 g/mol. The van der Waals surface area contributed by atoms with Gasteiger partial charge in [-0.25, -0.2) is 0 Å². The number of rotatable bonds is 5. The number of hydrogen-bond acceptors (Lipinski definition) is 2. The highest BCUT2D eigenvalue weighted by atomic mass is 16.1. The lowest BCUT2D eigenvalue weighted by Gasteiger charge is -2.07. The molecule has 0 aliphatic rings. The highest BCUT2D eigenvalue weighted by Gasteiger charge is 2.02. The Balaban J connectivity index is 2.01. The molecule has 18 heavy (non-hydrogen) atoms. The molecule has 94 valence electrons. The Labute approximate surface area is 107 Å². The molecule has 0 fully saturated rings. The third kappa shape index (κ3) is 3.08. The quantitative estimate of drug-likeness (QED) is 0.840. The van der Waals surface area contributed by atoms with Gasteiger partial charge < -0.3 is 11.1 Å². The van der Waals surface area contributed by atoms with E-state index >= 15 is 0 Å². The first kappa shape index (κ1) is 12.6. The summed E-state index contributed by atoms with van der Waals surface area (Å²) in [5, 5.41) is 5.37. The maximum atomic E-state index is 11.3. The fraction of sp³-hybridized carbons (Fsp3) is 0.267. The van der Waals surface area contributed by atoms with E-state index in [0.717, 1.165) is 6.42 Å². The summed E-state index contributed by atoms with van der Waals surface area (Å²) < 4.78 is 0. The minimum atomic E-state index is 0.0257. The van der Waals surface area contributed by atoms with Crippen molar-refractivity contribution in [1.29, 1.82) is 0 Å². The average molecular weight is 242 g/mol. The first-order valence-electron chi connectivity index (χ1n) is 6.24. The van der Waals surface area contributed by atoms with Gasteiger partial charge in [-0.2, -0.15) is 0 Å². The van der Waals surface area contributed by atoms with Crippen LogP contribution in [0, 0.1) is 0 Å². The highest BCUT2D eigenvalue weighted by molar-refractivity contribution is 5.85. The third-order valence-corrected chi connectivity index (χ3v) is 2.97. The summed E-state index contributed by atoms with van der Waals surface area (Å²) in [5.74, 6) is 0.0257. The molecule has 0 saturated carbocycles. The zero-order chi connectivity index (χ0) is 12.8. The van der Waals surface area contributed by atoms with Gasteiger partial charge in [0.15, 0.2) is 0 Å². The molecule has 0 aliphatic heterocycles. The molecular formula is C15H18N2O. The molecule has 0 atom stereocenters. The third-order valence-electron chi connectivity index (χ3n) is 2.97. The maximum absolute atomic E-state index is 11.3. The number of nitrogens with one attached hydrogen (secondary N) is 1. The summed E-state index contributed by atoms with van der Waals surface area (Å²) in [7, 11) is 0.